The normalized spacial score (nSPS) is 25.6. The van der Waals surface area contributed by atoms with Crippen molar-refractivity contribution in [2.45, 2.75) is 134 Å². The fourth-order valence-electron chi connectivity index (χ4n) is 7.31. The van der Waals surface area contributed by atoms with E-state index in [1.54, 1.807) is 0 Å². The fourth-order valence-corrected chi connectivity index (χ4v) is 7.31. The molecule has 0 aromatic heterocycles. The number of hydrogen-bond acceptors (Lipinski definition) is 6. The maximum Gasteiger partial charge on any atom is 0.207 e. The summed E-state index contributed by atoms with van der Waals surface area (Å²) in [5.41, 5.74) is -2.18. The van der Waals surface area contributed by atoms with Gasteiger partial charge in [0.1, 0.15) is 0 Å². The SMILES string of the molecule is CC1(C)CC(C(CCCCCNC=O)(NC=O)C2CC(C)(C)N(O)C(C)(C)C2)CC(C)(C)N1O. The van der Waals surface area contributed by atoms with Gasteiger partial charge in [0.05, 0.1) is 0 Å². The molecule has 0 spiro atoms. The highest BCUT2D eigenvalue weighted by atomic mass is 16.5. The van der Waals surface area contributed by atoms with Crippen LogP contribution in [0.15, 0.2) is 0 Å². The highest BCUT2D eigenvalue weighted by molar-refractivity contribution is 5.48. The second-order valence-electron chi connectivity index (χ2n) is 13.3. The van der Waals surface area contributed by atoms with E-state index in [2.05, 4.69) is 66.0 Å². The molecule has 198 valence electrons. The van der Waals surface area contributed by atoms with E-state index in [9.17, 15) is 20.0 Å². The third-order valence-electron chi connectivity index (χ3n) is 8.56. The summed E-state index contributed by atoms with van der Waals surface area (Å²) in [6.07, 6.45) is 8.28. The molecule has 4 N–H and O–H groups in total. The molecule has 2 aliphatic heterocycles. The molecule has 2 rings (SSSR count). The molecule has 0 radical (unpaired) electrons. The van der Waals surface area contributed by atoms with Gasteiger partial charge in [-0.25, -0.2) is 0 Å². The fraction of sp³-hybridized carbons (Fsp3) is 0.923. The van der Waals surface area contributed by atoms with Gasteiger partial charge < -0.3 is 21.0 Å². The van der Waals surface area contributed by atoms with Crippen LogP contribution in [0.3, 0.4) is 0 Å². The Bertz CT molecular complexity index is 629. The van der Waals surface area contributed by atoms with Gasteiger partial charge in [-0.05, 0) is 106 Å². The Labute approximate surface area is 206 Å². The van der Waals surface area contributed by atoms with Gasteiger partial charge in [-0.15, -0.1) is 0 Å². The predicted octanol–water partition coefficient (Wildman–Crippen LogP) is 4.09. The molecule has 8 nitrogen and oxygen atoms in total. The van der Waals surface area contributed by atoms with Crippen LogP contribution >= 0.6 is 0 Å². The summed E-state index contributed by atoms with van der Waals surface area (Å²) in [6.45, 7) is 17.2. The standard InChI is InChI=1S/C26H50N4O4/c1-22(2)14-20(15-23(3,4)29(22)33)26(28-19-32,12-10-9-11-13-27-18-31)21-16-24(5,6)30(34)25(7,8)17-21/h18-21,33-34H,9-17H2,1-8H3,(H,27,31)(H,28,32). The Morgan fingerprint density at radius 1 is 0.735 bits per heavy atom. The van der Waals surface area contributed by atoms with Crippen molar-refractivity contribution in [3.8, 4) is 0 Å². The largest absolute Gasteiger partial charge is 0.359 e. The topological polar surface area (TPSA) is 105 Å². The molecule has 0 saturated carbocycles. The van der Waals surface area contributed by atoms with E-state index >= 15 is 0 Å². The number of carbonyl (C=O) groups excluding carboxylic acids is 2. The minimum Gasteiger partial charge on any atom is -0.359 e. The van der Waals surface area contributed by atoms with Crippen molar-refractivity contribution in [1.29, 1.82) is 0 Å². The van der Waals surface area contributed by atoms with Gasteiger partial charge >= 0.3 is 0 Å². The van der Waals surface area contributed by atoms with Crippen LogP contribution in [0.2, 0.25) is 0 Å². The number of hydroxylamine groups is 4. The van der Waals surface area contributed by atoms with Crippen molar-refractivity contribution in [1.82, 2.24) is 20.8 Å². The number of hydrogen-bond donors (Lipinski definition) is 4. The summed E-state index contributed by atoms with van der Waals surface area (Å²) < 4.78 is 0. The first kappa shape index (κ1) is 29.0. The van der Waals surface area contributed by atoms with Crippen molar-refractivity contribution >= 4 is 12.8 Å². The number of piperidine rings is 2. The molecule has 2 saturated heterocycles. The van der Waals surface area contributed by atoms with Crippen molar-refractivity contribution in [3.63, 3.8) is 0 Å². The van der Waals surface area contributed by atoms with Crippen molar-refractivity contribution < 1.29 is 20.0 Å². The lowest BCUT2D eigenvalue weighted by atomic mass is 9.56. The van der Waals surface area contributed by atoms with Gasteiger partial charge in [-0.3, -0.25) is 9.59 Å². The number of carbonyl (C=O) groups is 2. The van der Waals surface area contributed by atoms with Gasteiger partial charge in [-0.2, -0.15) is 10.1 Å². The molecule has 8 heteroatoms. The number of nitrogens with one attached hydrogen (secondary N) is 2. The summed E-state index contributed by atoms with van der Waals surface area (Å²) in [6, 6.07) is 0. The Balaban J connectivity index is 2.48. The second kappa shape index (κ2) is 10.4. The Morgan fingerprint density at radius 2 is 1.15 bits per heavy atom. The Morgan fingerprint density at radius 3 is 1.50 bits per heavy atom. The van der Waals surface area contributed by atoms with Gasteiger partial charge in [0.25, 0.3) is 0 Å². The monoisotopic (exact) mass is 482 g/mol. The third kappa shape index (κ3) is 5.94. The molecule has 34 heavy (non-hydrogen) atoms. The minimum atomic E-state index is -0.453. The first-order valence-corrected chi connectivity index (χ1v) is 12.9. The van der Waals surface area contributed by atoms with Gasteiger partial charge in [0.2, 0.25) is 12.8 Å². The minimum absolute atomic E-state index is 0.168. The third-order valence-corrected chi connectivity index (χ3v) is 8.56. The highest BCUT2D eigenvalue weighted by Crippen LogP contribution is 2.53. The van der Waals surface area contributed by atoms with Crippen LogP contribution < -0.4 is 10.6 Å². The summed E-state index contributed by atoms with van der Waals surface area (Å²) in [5, 5.41) is 31.0. The average Bonchev–Trinajstić information content (AvgIpc) is 2.71. The first-order valence-electron chi connectivity index (χ1n) is 12.9. The molecule has 0 unspecified atom stereocenters. The molecule has 2 fully saturated rings. The van der Waals surface area contributed by atoms with E-state index in [0.717, 1.165) is 64.2 Å². The zero-order valence-corrected chi connectivity index (χ0v) is 22.8. The molecular formula is C26H50N4O4. The summed E-state index contributed by atoms with van der Waals surface area (Å²) in [4.78, 5) is 22.8. The van der Waals surface area contributed by atoms with Crippen LogP contribution in [0.5, 0.6) is 0 Å². The highest BCUT2D eigenvalue weighted by Gasteiger charge is 2.58. The molecule has 0 bridgehead atoms. The summed E-state index contributed by atoms with van der Waals surface area (Å²) >= 11 is 0. The zero-order chi connectivity index (χ0) is 26.0. The molecule has 0 aliphatic carbocycles. The van der Waals surface area contributed by atoms with Crippen LogP contribution in [-0.2, 0) is 9.59 Å². The lowest BCUT2D eigenvalue weighted by Gasteiger charge is -2.61. The van der Waals surface area contributed by atoms with E-state index < -0.39 is 27.7 Å². The summed E-state index contributed by atoms with van der Waals surface area (Å²) in [7, 11) is 0. The average molecular weight is 483 g/mol. The van der Waals surface area contributed by atoms with E-state index in [1.165, 1.54) is 10.1 Å². The van der Waals surface area contributed by atoms with Crippen molar-refractivity contribution in [2.24, 2.45) is 11.8 Å². The second-order valence-corrected chi connectivity index (χ2v) is 13.3. The predicted molar refractivity (Wildman–Crippen MR) is 133 cm³/mol. The van der Waals surface area contributed by atoms with Gasteiger partial charge in [0.15, 0.2) is 0 Å². The van der Waals surface area contributed by atoms with Crippen LogP contribution in [0.1, 0.15) is 107 Å². The number of rotatable bonds is 11. The molecule has 2 amide bonds. The Kier molecular flexibility index (Phi) is 8.88. The van der Waals surface area contributed by atoms with Crippen LogP contribution in [0, 0.1) is 11.8 Å². The maximum atomic E-state index is 12.2. The smallest absolute Gasteiger partial charge is 0.207 e. The molecule has 0 aromatic carbocycles. The number of unbranched alkanes of at least 4 members (excludes halogenated alkanes) is 2. The molecule has 0 atom stereocenters. The molecule has 0 aromatic rings. The van der Waals surface area contributed by atoms with E-state index in [4.69, 9.17) is 0 Å². The van der Waals surface area contributed by atoms with E-state index in [-0.39, 0.29) is 11.8 Å². The zero-order valence-electron chi connectivity index (χ0n) is 22.8. The number of nitrogens with zero attached hydrogens (tertiary/aromatic N) is 2. The molecule has 2 heterocycles. The van der Waals surface area contributed by atoms with Gasteiger partial charge in [-0.1, -0.05) is 12.8 Å². The first-order chi connectivity index (χ1) is 15.6. The van der Waals surface area contributed by atoms with Crippen LogP contribution in [0.25, 0.3) is 0 Å². The maximum absolute atomic E-state index is 12.2. The van der Waals surface area contributed by atoms with Crippen molar-refractivity contribution in [3.05, 3.63) is 0 Å². The Hall–Kier alpha value is -1.22. The lowest BCUT2D eigenvalue weighted by Crippen LogP contribution is -2.70. The number of amides is 2. The molecule has 2 aliphatic rings. The quantitative estimate of drug-likeness (QED) is 0.261. The molecular weight excluding hydrogens is 432 g/mol. The van der Waals surface area contributed by atoms with Crippen LogP contribution in [0.4, 0.5) is 0 Å². The van der Waals surface area contributed by atoms with E-state index in [0.29, 0.717) is 6.54 Å². The van der Waals surface area contributed by atoms with Gasteiger partial charge in [0, 0.05) is 34.2 Å². The summed E-state index contributed by atoms with van der Waals surface area (Å²) in [5.74, 6) is 0.335. The van der Waals surface area contributed by atoms with E-state index in [1.807, 2.05) is 0 Å². The van der Waals surface area contributed by atoms with Crippen LogP contribution in [-0.4, -0.2) is 67.6 Å². The van der Waals surface area contributed by atoms with Crippen molar-refractivity contribution in [2.75, 3.05) is 6.54 Å². The lowest BCUT2D eigenvalue weighted by molar-refractivity contribution is -0.270.